The zero-order valence-corrected chi connectivity index (χ0v) is 6.44. The molecular weight excluding hydrogens is 217 g/mol. The zero-order chi connectivity index (χ0) is 6.41. The van der Waals surface area contributed by atoms with Crippen molar-refractivity contribution in [1.82, 2.24) is 3.53 Å². The molecule has 44 valence electrons. The fourth-order valence-electron chi connectivity index (χ4n) is 0.233. The third-order valence-electron chi connectivity index (χ3n) is 0.602. The number of hydrogen-bond acceptors (Lipinski definition) is 1. The molecule has 0 heterocycles. The molecule has 0 aliphatic rings. The molecule has 0 saturated carbocycles. The average Bonchev–Trinajstić information content (AvgIpc) is 1.83. The van der Waals surface area contributed by atoms with Gasteiger partial charge in [0.05, 0.1) is 22.9 Å². The minimum Gasteiger partial charge on any atom is -0.299 e. The maximum atomic E-state index is 10.4. The molecule has 0 aliphatic heterocycles. The highest BCUT2D eigenvalue weighted by Crippen LogP contribution is 1.86. The van der Waals surface area contributed by atoms with Gasteiger partial charge in [0.15, 0.2) is 0 Å². The predicted molar refractivity (Wildman–Crippen MR) is 40.2 cm³/mol. The summed E-state index contributed by atoms with van der Waals surface area (Å²) in [5.41, 5.74) is 0. The first-order valence-electron chi connectivity index (χ1n) is 2.14. The minimum absolute atomic E-state index is 0.0106. The van der Waals surface area contributed by atoms with Crippen LogP contribution in [0.1, 0.15) is 12.8 Å². The van der Waals surface area contributed by atoms with Crippen LogP contribution in [-0.2, 0) is 4.79 Å². The molecule has 0 atom stereocenters. The van der Waals surface area contributed by atoms with Crippen LogP contribution in [0.5, 0.6) is 0 Å². The second-order valence-electron chi connectivity index (χ2n) is 1.22. The Morgan fingerprint density at radius 3 is 2.88 bits per heavy atom. The fraction of sp³-hybridized carbons (Fsp3) is 0.400. The molecular formula is C5H6INO. The van der Waals surface area contributed by atoms with Crippen molar-refractivity contribution >= 4 is 28.8 Å². The number of amides is 1. The Kier molecular flexibility index (Phi) is 4.76. The smallest absolute Gasteiger partial charge is 0.229 e. The number of carbonyl (C=O) groups is 1. The van der Waals surface area contributed by atoms with E-state index in [1.165, 1.54) is 0 Å². The van der Waals surface area contributed by atoms with Crippen LogP contribution < -0.4 is 3.53 Å². The molecule has 0 aromatic rings. The molecule has 0 fully saturated rings. The molecule has 0 saturated heterocycles. The molecule has 3 heteroatoms. The fourth-order valence-corrected chi connectivity index (χ4v) is 0.503. The van der Waals surface area contributed by atoms with Gasteiger partial charge >= 0.3 is 0 Å². The predicted octanol–water partition coefficient (Wildman–Crippen LogP) is 0.866. The summed E-state index contributed by atoms with van der Waals surface area (Å²) in [6, 6.07) is 0. The van der Waals surface area contributed by atoms with Gasteiger partial charge in [0.25, 0.3) is 0 Å². The second kappa shape index (κ2) is 4.91. The van der Waals surface area contributed by atoms with Crippen LogP contribution in [-0.4, -0.2) is 5.91 Å². The molecule has 0 aliphatic carbocycles. The highest BCUT2D eigenvalue weighted by atomic mass is 127. The lowest BCUT2D eigenvalue weighted by atomic mass is 10.3. The number of carbonyl (C=O) groups excluding carboxylic acids is 1. The van der Waals surface area contributed by atoms with E-state index in [4.69, 9.17) is 6.42 Å². The molecule has 2 nitrogen and oxygen atoms in total. The van der Waals surface area contributed by atoms with Gasteiger partial charge in [-0.15, -0.1) is 12.3 Å². The lowest BCUT2D eigenvalue weighted by Crippen LogP contribution is -2.09. The Morgan fingerprint density at radius 2 is 2.50 bits per heavy atom. The van der Waals surface area contributed by atoms with E-state index in [0.717, 1.165) is 0 Å². The lowest BCUT2D eigenvalue weighted by molar-refractivity contribution is -0.118. The zero-order valence-electron chi connectivity index (χ0n) is 4.28. The van der Waals surface area contributed by atoms with Gasteiger partial charge in [0.1, 0.15) is 0 Å². The molecule has 0 spiro atoms. The summed E-state index contributed by atoms with van der Waals surface area (Å²) in [6.45, 7) is 0. The Morgan fingerprint density at radius 1 is 1.88 bits per heavy atom. The van der Waals surface area contributed by atoms with Crippen molar-refractivity contribution < 1.29 is 4.79 Å². The van der Waals surface area contributed by atoms with Gasteiger partial charge in [-0.1, -0.05) is 0 Å². The summed E-state index contributed by atoms with van der Waals surface area (Å²) in [7, 11) is 0. The van der Waals surface area contributed by atoms with Crippen molar-refractivity contribution in [3.8, 4) is 12.3 Å². The lowest BCUT2D eigenvalue weighted by Gasteiger charge is -1.89. The summed E-state index contributed by atoms with van der Waals surface area (Å²) in [6.07, 6.45) is 5.85. The summed E-state index contributed by atoms with van der Waals surface area (Å²) >= 11 is 1.78. The Labute approximate surface area is 62.5 Å². The average molecular weight is 223 g/mol. The number of halogens is 1. The third-order valence-corrected chi connectivity index (χ3v) is 1.20. The topological polar surface area (TPSA) is 29.1 Å². The third kappa shape index (κ3) is 3.93. The molecule has 1 N–H and O–H groups in total. The molecule has 1 amide bonds. The number of terminal acetylenes is 1. The Hall–Kier alpha value is -0.240. The van der Waals surface area contributed by atoms with Gasteiger partial charge in [0, 0.05) is 12.8 Å². The highest BCUT2D eigenvalue weighted by Gasteiger charge is 1.92. The van der Waals surface area contributed by atoms with E-state index in [2.05, 4.69) is 9.45 Å². The molecule has 8 heavy (non-hydrogen) atoms. The number of hydrogen-bond donors (Lipinski definition) is 1. The van der Waals surface area contributed by atoms with Gasteiger partial charge < -0.3 is 0 Å². The standard InChI is InChI=1S/C5H6INO/c1-2-3-4-5(8)7-6/h1H,3-4H2,(H,7,8). The number of rotatable bonds is 2. The number of nitrogens with one attached hydrogen (secondary N) is 1. The van der Waals surface area contributed by atoms with Crippen molar-refractivity contribution in [3.05, 3.63) is 0 Å². The molecule has 0 bridgehead atoms. The maximum Gasteiger partial charge on any atom is 0.229 e. The molecule has 0 radical (unpaired) electrons. The van der Waals surface area contributed by atoms with Gasteiger partial charge in [-0.25, -0.2) is 0 Å². The molecule has 0 aromatic carbocycles. The monoisotopic (exact) mass is 223 g/mol. The minimum atomic E-state index is -0.0106. The van der Waals surface area contributed by atoms with E-state index in [1.54, 1.807) is 22.9 Å². The van der Waals surface area contributed by atoms with E-state index < -0.39 is 0 Å². The quantitative estimate of drug-likeness (QED) is 0.420. The van der Waals surface area contributed by atoms with Crippen molar-refractivity contribution in [1.29, 1.82) is 0 Å². The van der Waals surface area contributed by atoms with Crippen LogP contribution >= 0.6 is 22.9 Å². The normalized spacial score (nSPS) is 7.50. The van der Waals surface area contributed by atoms with Gasteiger partial charge in [0.2, 0.25) is 5.91 Å². The second-order valence-corrected chi connectivity index (χ2v) is 1.76. The van der Waals surface area contributed by atoms with Gasteiger partial charge in [-0.2, -0.15) is 0 Å². The Balaban J connectivity index is 3.15. The Bertz CT molecular complexity index is 116. The highest BCUT2D eigenvalue weighted by molar-refractivity contribution is 14.1. The summed E-state index contributed by atoms with van der Waals surface area (Å²) in [5, 5.41) is 0. The molecule has 0 unspecified atom stereocenters. The molecule has 0 aromatic heterocycles. The van der Waals surface area contributed by atoms with Crippen molar-refractivity contribution in [2.75, 3.05) is 0 Å². The van der Waals surface area contributed by atoms with E-state index >= 15 is 0 Å². The van der Waals surface area contributed by atoms with E-state index in [1.807, 2.05) is 0 Å². The first-order valence-corrected chi connectivity index (χ1v) is 3.22. The summed E-state index contributed by atoms with van der Waals surface area (Å²) in [5.74, 6) is 2.36. The van der Waals surface area contributed by atoms with E-state index in [0.29, 0.717) is 12.8 Å². The van der Waals surface area contributed by atoms with Crippen LogP contribution in [0.4, 0.5) is 0 Å². The van der Waals surface area contributed by atoms with E-state index in [-0.39, 0.29) is 5.91 Å². The van der Waals surface area contributed by atoms with Crippen molar-refractivity contribution in [2.45, 2.75) is 12.8 Å². The summed E-state index contributed by atoms with van der Waals surface area (Å²) in [4.78, 5) is 10.4. The summed E-state index contributed by atoms with van der Waals surface area (Å²) < 4.78 is 2.44. The largest absolute Gasteiger partial charge is 0.299 e. The molecule has 0 rings (SSSR count). The van der Waals surface area contributed by atoms with Crippen LogP contribution in [0.3, 0.4) is 0 Å². The maximum absolute atomic E-state index is 10.4. The van der Waals surface area contributed by atoms with Crippen LogP contribution in [0.2, 0.25) is 0 Å². The van der Waals surface area contributed by atoms with Crippen molar-refractivity contribution in [3.63, 3.8) is 0 Å². The van der Waals surface area contributed by atoms with Gasteiger partial charge in [-0.05, 0) is 0 Å². The SMILES string of the molecule is C#CCCC(=O)NI. The first kappa shape index (κ1) is 7.76. The first-order chi connectivity index (χ1) is 3.81. The van der Waals surface area contributed by atoms with Crippen LogP contribution in [0.15, 0.2) is 0 Å². The van der Waals surface area contributed by atoms with Gasteiger partial charge in [-0.3, -0.25) is 8.32 Å². The van der Waals surface area contributed by atoms with Crippen molar-refractivity contribution in [2.24, 2.45) is 0 Å². The van der Waals surface area contributed by atoms with E-state index in [9.17, 15) is 4.79 Å². The van der Waals surface area contributed by atoms with Crippen LogP contribution in [0.25, 0.3) is 0 Å². The van der Waals surface area contributed by atoms with Crippen LogP contribution in [0, 0.1) is 12.3 Å².